The number of nitrogens with one attached hydrogen (secondary N) is 1. The number of benzene rings is 2. The maximum Gasteiger partial charge on any atom is 0.331 e. The number of ether oxygens (including phenoxy) is 2. The summed E-state index contributed by atoms with van der Waals surface area (Å²) in [6, 6.07) is 11.4. The summed E-state index contributed by atoms with van der Waals surface area (Å²) < 4.78 is 9.84. The van der Waals surface area contributed by atoms with Gasteiger partial charge in [-0.25, -0.2) is 4.79 Å². The fraction of sp³-hybridized carbons (Fsp3) is 0.105. The summed E-state index contributed by atoms with van der Waals surface area (Å²) in [7, 11) is 1.41. The van der Waals surface area contributed by atoms with E-state index in [2.05, 4.69) is 5.32 Å². The van der Waals surface area contributed by atoms with Crippen molar-refractivity contribution >= 4 is 47.1 Å². The van der Waals surface area contributed by atoms with E-state index in [-0.39, 0.29) is 5.56 Å². The number of carbonyl (C=O) groups excluding carboxylic acids is 3. The van der Waals surface area contributed by atoms with Gasteiger partial charge in [0.25, 0.3) is 11.8 Å². The Bertz CT molecular complexity index is 895. The third-order valence-corrected chi connectivity index (χ3v) is 4.16. The van der Waals surface area contributed by atoms with Crippen molar-refractivity contribution in [1.82, 2.24) is 5.32 Å². The maximum absolute atomic E-state index is 12.1. The monoisotopic (exact) mass is 407 g/mol. The first-order valence-corrected chi connectivity index (χ1v) is 8.44. The SMILES string of the molecule is COc1ccccc1C(=O)NC(=O)COC(=O)/C=C/c1cccc(Cl)c1Cl. The van der Waals surface area contributed by atoms with Gasteiger partial charge >= 0.3 is 5.97 Å². The Labute approximate surface area is 165 Å². The van der Waals surface area contributed by atoms with Crippen molar-refractivity contribution in [2.45, 2.75) is 0 Å². The minimum atomic E-state index is -0.772. The molecule has 8 heteroatoms. The summed E-state index contributed by atoms with van der Waals surface area (Å²) in [6.07, 6.45) is 2.52. The predicted octanol–water partition coefficient (Wildman–Crippen LogP) is 3.52. The van der Waals surface area contributed by atoms with Gasteiger partial charge in [0.15, 0.2) is 6.61 Å². The van der Waals surface area contributed by atoms with E-state index in [1.807, 2.05) is 0 Å². The zero-order valence-electron chi connectivity index (χ0n) is 14.2. The lowest BCUT2D eigenvalue weighted by Gasteiger charge is -2.08. The third-order valence-electron chi connectivity index (χ3n) is 3.33. The zero-order valence-corrected chi connectivity index (χ0v) is 15.7. The van der Waals surface area contributed by atoms with Crippen LogP contribution in [0.15, 0.2) is 48.5 Å². The molecule has 1 N–H and O–H groups in total. The minimum Gasteiger partial charge on any atom is -0.496 e. The molecule has 0 aliphatic carbocycles. The van der Waals surface area contributed by atoms with Gasteiger partial charge in [0.1, 0.15) is 5.75 Å². The number of halogens is 2. The van der Waals surface area contributed by atoms with Crippen LogP contribution in [0.1, 0.15) is 15.9 Å². The molecule has 2 rings (SSSR count). The van der Waals surface area contributed by atoms with E-state index < -0.39 is 24.4 Å². The quantitative estimate of drug-likeness (QED) is 0.585. The van der Waals surface area contributed by atoms with Crippen LogP contribution >= 0.6 is 23.2 Å². The highest BCUT2D eigenvalue weighted by Crippen LogP contribution is 2.26. The summed E-state index contributed by atoms with van der Waals surface area (Å²) in [5, 5.41) is 2.76. The number of rotatable bonds is 6. The van der Waals surface area contributed by atoms with E-state index in [9.17, 15) is 14.4 Å². The van der Waals surface area contributed by atoms with E-state index in [1.165, 1.54) is 19.3 Å². The molecule has 27 heavy (non-hydrogen) atoms. The lowest BCUT2D eigenvalue weighted by atomic mass is 10.2. The van der Waals surface area contributed by atoms with Crippen LogP contribution in [0.2, 0.25) is 10.0 Å². The summed E-state index contributed by atoms with van der Waals surface area (Å²) in [5.74, 6) is -1.88. The van der Waals surface area contributed by atoms with Crippen LogP contribution < -0.4 is 10.1 Å². The Morgan fingerprint density at radius 2 is 1.81 bits per heavy atom. The van der Waals surface area contributed by atoms with Gasteiger partial charge in [0, 0.05) is 6.08 Å². The average Bonchev–Trinajstić information content (AvgIpc) is 2.67. The first-order valence-electron chi connectivity index (χ1n) is 7.68. The molecule has 0 radical (unpaired) electrons. The van der Waals surface area contributed by atoms with Crippen molar-refractivity contribution in [3.63, 3.8) is 0 Å². The van der Waals surface area contributed by atoms with Gasteiger partial charge < -0.3 is 9.47 Å². The van der Waals surface area contributed by atoms with E-state index in [0.717, 1.165) is 6.08 Å². The Hall–Kier alpha value is -2.83. The van der Waals surface area contributed by atoms with Gasteiger partial charge in [-0.15, -0.1) is 0 Å². The van der Waals surface area contributed by atoms with E-state index in [4.69, 9.17) is 32.7 Å². The molecule has 0 aliphatic heterocycles. The highest BCUT2D eigenvalue weighted by atomic mass is 35.5. The van der Waals surface area contributed by atoms with Crippen molar-refractivity contribution in [2.24, 2.45) is 0 Å². The van der Waals surface area contributed by atoms with Crippen molar-refractivity contribution in [3.05, 3.63) is 69.7 Å². The normalized spacial score (nSPS) is 10.5. The third kappa shape index (κ3) is 5.84. The molecule has 2 aromatic carbocycles. The molecule has 0 saturated heterocycles. The smallest absolute Gasteiger partial charge is 0.331 e. The molecule has 0 bridgehead atoms. The van der Waals surface area contributed by atoms with Gasteiger partial charge in [-0.1, -0.05) is 47.5 Å². The van der Waals surface area contributed by atoms with Crippen LogP contribution in [-0.4, -0.2) is 31.5 Å². The van der Waals surface area contributed by atoms with Crippen LogP contribution in [-0.2, 0) is 14.3 Å². The summed E-state index contributed by atoms with van der Waals surface area (Å²) >= 11 is 11.9. The Morgan fingerprint density at radius 1 is 1.07 bits per heavy atom. The molecule has 0 atom stereocenters. The van der Waals surface area contributed by atoms with Crippen LogP contribution in [0.4, 0.5) is 0 Å². The fourth-order valence-electron chi connectivity index (χ4n) is 2.05. The number of hydrogen-bond donors (Lipinski definition) is 1. The molecule has 0 saturated carbocycles. The summed E-state index contributed by atoms with van der Waals surface area (Å²) in [5.41, 5.74) is 0.715. The maximum atomic E-state index is 12.1. The number of para-hydroxylation sites is 1. The first kappa shape index (κ1) is 20.5. The largest absolute Gasteiger partial charge is 0.496 e. The molecule has 0 aliphatic rings. The van der Waals surface area contributed by atoms with Gasteiger partial charge in [-0.05, 0) is 29.8 Å². The standard InChI is InChI=1S/C19H15Cl2NO5/c1-26-15-8-3-2-6-13(15)19(25)22-16(23)11-27-17(24)10-9-12-5-4-7-14(20)18(12)21/h2-10H,11H2,1H3,(H,22,23,25)/b10-9+. The molecule has 0 heterocycles. The van der Waals surface area contributed by atoms with Crippen molar-refractivity contribution in [2.75, 3.05) is 13.7 Å². The van der Waals surface area contributed by atoms with Gasteiger partial charge in [0.2, 0.25) is 0 Å². The number of hydrogen-bond acceptors (Lipinski definition) is 5. The van der Waals surface area contributed by atoms with Crippen LogP contribution in [0.5, 0.6) is 5.75 Å². The van der Waals surface area contributed by atoms with Gasteiger partial charge in [0.05, 0.1) is 22.7 Å². The van der Waals surface area contributed by atoms with Crippen molar-refractivity contribution in [3.8, 4) is 5.75 Å². The molecular formula is C19H15Cl2NO5. The second kappa shape index (κ2) is 9.75. The molecule has 140 valence electrons. The highest BCUT2D eigenvalue weighted by molar-refractivity contribution is 6.42. The summed E-state index contributed by atoms with van der Waals surface area (Å²) in [4.78, 5) is 35.6. The molecule has 0 aromatic heterocycles. The second-order valence-electron chi connectivity index (χ2n) is 5.16. The van der Waals surface area contributed by atoms with Crippen LogP contribution in [0, 0.1) is 0 Å². The molecular weight excluding hydrogens is 393 g/mol. The van der Waals surface area contributed by atoms with Gasteiger partial charge in [-0.3, -0.25) is 14.9 Å². The second-order valence-corrected chi connectivity index (χ2v) is 5.95. The number of methoxy groups -OCH3 is 1. The Kier molecular flexibility index (Phi) is 7.40. The predicted molar refractivity (Wildman–Crippen MR) is 102 cm³/mol. The number of esters is 1. The molecule has 0 unspecified atom stereocenters. The zero-order chi connectivity index (χ0) is 19.8. The number of amides is 2. The molecule has 0 fully saturated rings. The van der Waals surface area contributed by atoms with Crippen molar-refractivity contribution < 1.29 is 23.9 Å². The van der Waals surface area contributed by atoms with E-state index in [0.29, 0.717) is 21.4 Å². The fourth-order valence-corrected chi connectivity index (χ4v) is 2.42. The Balaban J connectivity index is 1.88. The number of imide groups is 1. The van der Waals surface area contributed by atoms with E-state index in [1.54, 1.807) is 36.4 Å². The van der Waals surface area contributed by atoms with Crippen LogP contribution in [0.25, 0.3) is 6.08 Å². The van der Waals surface area contributed by atoms with Crippen molar-refractivity contribution in [1.29, 1.82) is 0 Å². The van der Waals surface area contributed by atoms with Gasteiger partial charge in [-0.2, -0.15) is 0 Å². The highest BCUT2D eigenvalue weighted by Gasteiger charge is 2.15. The molecule has 6 nitrogen and oxygen atoms in total. The van der Waals surface area contributed by atoms with Crippen LogP contribution in [0.3, 0.4) is 0 Å². The first-order chi connectivity index (χ1) is 12.9. The molecule has 2 amide bonds. The molecule has 2 aromatic rings. The lowest BCUT2D eigenvalue weighted by Crippen LogP contribution is -2.34. The van der Waals surface area contributed by atoms with E-state index >= 15 is 0 Å². The summed E-state index contributed by atoms with van der Waals surface area (Å²) in [6.45, 7) is -0.618. The Morgan fingerprint density at radius 3 is 2.56 bits per heavy atom. The topological polar surface area (TPSA) is 81.7 Å². The lowest BCUT2D eigenvalue weighted by molar-refractivity contribution is -0.143. The average molecular weight is 408 g/mol. The number of carbonyl (C=O) groups is 3. The minimum absolute atomic E-state index is 0.190. The molecule has 0 spiro atoms.